The SMILES string of the molecule is C/C=C/CCC1CCC(CCc2ccc(C#Cc3ccc(C)cc3)cc2)CC1.[HH]. The van der Waals surface area contributed by atoms with Crippen LogP contribution in [-0.2, 0) is 6.42 Å². The van der Waals surface area contributed by atoms with Crippen molar-refractivity contribution in [2.75, 3.05) is 0 Å². The smallest absolute Gasteiger partial charge is 0.0249 e. The Morgan fingerprint density at radius 1 is 0.821 bits per heavy atom. The molecular weight excluding hydrogens is 336 g/mol. The number of benzene rings is 2. The van der Waals surface area contributed by atoms with Gasteiger partial charge in [0.25, 0.3) is 0 Å². The average molecular weight is 373 g/mol. The van der Waals surface area contributed by atoms with Crippen LogP contribution in [0.25, 0.3) is 0 Å². The largest absolute Gasteiger partial charge is 0.0917 e. The average Bonchev–Trinajstić information content (AvgIpc) is 2.74. The first-order valence-electron chi connectivity index (χ1n) is 11.0. The standard InChI is InChI=1S/C28H34.H2/c1-3-4-5-6-24-11-13-26(14-12-24)17-18-28-21-19-27(20-22-28)16-15-25-9-7-23(2)8-10-25;/h3-4,7-10,19-22,24,26H,5-6,11-14,17-18H2,1-2H3;1H/b4-3+;. The summed E-state index contributed by atoms with van der Waals surface area (Å²) in [6.07, 6.45) is 15.5. The maximum absolute atomic E-state index is 3.28. The summed E-state index contributed by atoms with van der Waals surface area (Å²) in [4.78, 5) is 0. The predicted molar refractivity (Wildman–Crippen MR) is 124 cm³/mol. The van der Waals surface area contributed by atoms with E-state index in [9.17, 15) is 0 Å². The van der Waals surface area contributed by atoms with E-state index in [-0.39, 0.29) is 1.43 Å². The fourth-order valence-corrected chi connectivity index (χ4v) is 4.21. The molecule has 1 aliphatic carbocycles. The van der Waals surface area contributed by atoms with Crippen molar-refractivity contribution < 1.29 is 1.43 Å². The predicted octanol–water partition coefficient (Wildman–Crippen LogP) is 7.74. The minimum atomic E-state index is 0. The van der Waals surface area contributed by atoms with Gasteiger partial charge < -0.3 is 0 Å². The fourth-order valence-electron chi connectivity index (χ4n) is 4.21. The van der Waals surface area contributed by atoms with Gasteiger partial charge in [-0.25, -0.2) is 0 Å². The lowest BCUT2D eigenvalue weighted by Gasteiger charge is -2.28. The minimum absolute atomic E-state index is 0. The molecule has 0 bridgehead atoms. The lowest BCUT2D eigenvalue weighted by Crippen LogP contribution is -2.15. The molecule has 2 aromatic carbocycles. The minimum Gasteiger partial charge on any atom is -0.0917 e. The zero-order chi connectivity index (χ0) is 19.6. The molecule has 3 rings (SSSR count). The van der Waals surface area contributed by atoms with E-state index >= 15 is 0 Å². The second-order valence-corrected chi connectivity index (χ2v) is 8.38. The van der Waals surface area contributed by atoms with Gasteiger partial charge in [-0.05, 0) is 81.2 Å². The summed E-state index contributed by atoms with van der Waals surface area (Å²) >= 11 is 0. The van der Waals surface area contributed by atoms with Crippen molar-refractivity contribution in [3.05, 3.63) is 82.9 Å². The first kappa shape index (κ1) is 20.5. The second-order valence-electron chi connectivity index (χ2n) is 8.38. The van der Waals surface area contributed by atoms with Crippen LogP contribution >= 0.6 is 0 Å². The third-order valence-corrected chi connectivity index (χ3v) is 6.14. The Labute approximate surface area is 173 Å². The molecule has 28 heavy (non-hydrogen) atoms. The first-order valence-corrected chi connectivity index (χ1v) is 11.0. The summed E-state index contributed by atoms with van der Waals surface area (Å²) in [7, 11) is 0. The number of allylic oxidation sites excluding steroid dienone is 2. The molecule has 0 saturated heterocycles. The van der Waals surface area contributed by atoms with Crippen molar-refractivity contribution in [2.24, 2.45) is 11.8 Å². The zero-order valence-electron chi connectivity index (χ0n) is 17.6. The van der Waals surface area contributed by atoms with Gasteiger partial charge in [0.05, 0.1) is 0 Å². The van der Waals surface area contributed by atoms with Crippen LogP contribution in [-0.4, -0.2) is 0 Å². The Morgan fingerprint density at radius 2 is 1.36 bits per heavy atom. The lowest BCUT2D eigenvalue weighted by atomic mass is 9.78. The van der Waals surface area contributed by atoms with E-state index in [0.29, 0.717) is 0 Å². The van der Waals surface area contributed by atoms with Crippen LogP contribution in [0.15, 0.2) is 60.7 Å². The summed E-state index contributed by atoms with van der Waals surface area (Å²) in [6, 6.07) is 17.3. The number of aryl methyl sites for hydroxylation is 2. The van der Waals surface area contributed by atoms with Crippen molar-refractivity contribution in [2.45, 2.75) is 65.2 Å². The van der Waals surface area contributed by atoms with Crippen molar-refractivity contribution in [3.8, 4) is 11.8 Å². The van der Waals surface area contributed by atoms with Gasteiger partial charge in [-0.2, -0.15) is 0 Å². The third kappa shape index (κ3) is 6.72. The lowest BCUT2D eigenvalue weighted by molar-refractivity contribution is 0.254. The van der Waals surface area contributed by atoms with Crippen LogP contribution in [0.2, 0.25) is 0 Å². The molecular formula is C28H36. The molecule has 148 valence electrons. The van der Waals surface area contributed by atoms with Crippen molar-refractivity contribution in [1.82, 2.24) is 0 Å². The molecule has 0 heteroatoms. The highest BCUT2D eigenvalue weighted by Crippen LogP contribution is 2.34. The van der Waals surface area contributed by atoms with Crippen LogP contribution < -0.4 is 0 Å². The van der Waals surface area contributed by atoms with E-state index in [1.54, 1.807) is 0 Å². The Morgan fingerprint density at radius 3 is 1.93 bits per heavy atom. The van der Waals surface area contributed by atoms with Gasteiger partial charge in [0.2, 0.25) is 0 Å². The van der Waals surface area contributed by atoms with Gasteiger partial charge >= 0.3 is 0 Å². The molecule has 0 amide bonds. The molecule has 1 saturated carbocycles. The summed E-state index contributed by atoms with van der Waals surface area (Å²) in [5, 5.41) is 0. The monoisotopic (exact) mass is 372 g/mol. The molecule has 0 heterocycles. The molecule has 0 unspecified atom stereocenters. The van der Waals surface area contributed by atoms with E-state index in [1.807, 2.05) is 0 Å². The summed E-state index contributed by atoms with van der Waals surface area (Å²) < 4.78 is 0. The van der Waals surface area contributed by atoms with Crippen LogP contribution in [0, 0.1) is 30.6 Å². The van der Waals surface area contributed by atoms with Crippen LogP contribution in [0.1, 0.15) is 75.5 Å². The Balaban J connectivity index is 0.00000300. The van der Waals surface area contributed by atoms with Gasteiger partial charge in [-0.3, -0.25) is 0 Å². The van der Waals surface area contributed by atoms with Crippen molar-refractivity contribution in [3.63, 3.8) is 0 Å². The van der Waals surface area contributed by atoms with Gasteiger partial charge in [-0.15, -0.1) is 0 Å². The van der Waals surface area contributed by atoms with E-state index in [0.717, 1.165) is 23.0 Å². The quantitative estimate of drug-likeness (QED) is 0.359. The van der Waals surface area contributed by atoms with Gasteiger partial charge in [0.15, 0.2) is 0 Å². The number of rotatable bonds is 6. The maximum atomic E-state index is 3.28. The molecule has 1 fully saturated rings. The maximum Gasteiger partial charge on any atom is 0.0249 e. The normalized spacial score (nSPS) is 19.4. The summed E-state index contributed by atoms with van der Waals surface area (Å²) in [5.74, 6) is 8.44. The van der Waals surface area contributed by atoms with Crippen molar-refractivity contribution in [1.29, 1.82) is 0 Å². The number of hydrogen-bond acceptors (Lipinski definition) is 0. The highest BCUT2D eigenvalue weighted by molar-refractivity contribution is 5.43. The van der Waals surface area contributed by atoms with E-state index in [1.165, 1.54) is 62.5 Å². The molecule has 0 nitrogen and oxygen atoms in total. The second kappa shape index (κ2) is 10.9. The van der Waals surface area contributed by atoms with Gasteiger partial charge in [0, 0.05) is 12.6 Å². The molecule has 0 aromatic heterocycles. The van der Waals surface area contributed by atoms with E-state index in [2.05, 4.69) is 86.4 Å². The molecule has 0 N–H and O–H groups in total. The molecule has 0 radical (unpaired) electrons. The molecule has 0 spiro atoms. The molecule has 0 aliphatic heterocycles. The molecule has 0 atom stereocenters. The highest BCUT2D eigenvalue weighted by atomic mass is 14.3. The van der Waals surface area contributed by atoms with Gasteiger partial charge in [0.1, 0.15) is 0 Å². The Kier molecular flexibility index (Phi) is 7.98. The van der Waals surface area contributed by atoms with Crippen LogP contribution in [0.5, 0.6) is 0 Å². The number of hydrogen-bond donors (Lipinski definition) is 0. The Hall–Kier alpha value is -2.26. The molecule has 2 aromatic rings. The molecule has 1 aliphatic rings. The van der Waals surface area contributed by atoms with E-state index < -0.39 is 0 Å². The topological polar surface area (TPSA) is 0 Å². The summed E-state index contributed by atoms with van der Waals surface area (Å²) in [5.41, 5.74) is 4.91. The van der Waals surface area contributed by atoms with Gasteiger partial charge in [-0.1, -0.05) is 79.5 Å². The van der Waals surface area contributed by atoms with Crippen LogP contribution in [0.4, 0.5) is 0 Å². The Bertz CT molecular complexity index is 794. The summed E-state index contributed by atoms with van der Waals surface area (Å²) in [6.45, 7) is 4.23. The highest BCUT2D eigenvalue weighted by Gasteiger charge is 2.20. The van der Waals surface area contributed by atoms with E-state index in [4.69, 9.17) is 0 Å². The third-order valence-electron chi connectivity index (χ3n) is 6.14. The van der Waals surface area contributed by atoms with Crippen LogP contribution in [0.3, 0.4) is 0 Å². The fraction of sp³-hybridized carbons (Fsp3) is 0.429. The first-order chi connectivity index (χ1) is 13.7. The van der Waals surface area contributed by atoms with Crippen molar-refractivity contribution >= 4 is 0 Å². The zero-order valence-corrected chi connectivity index (χ0v) is 17.6.